The van der Waals surface area contributed by atoms with Gasteiger partial charge in [-0.25, -0.2) is 0 Å². The van der Waals surface area contributed by atoms with Crippen LogP contribution in [0.1, 0.15) is 12.5 Å². The predicted octanol–water partition coefficient (Wildman–Crippen LogP) is 0.00830. The molecule has 0 fully saturated rings. The zero-order chi connectivity index (χ0) is 15.8. The van der Waals surface area contributed by atoms with E-state index in [1.54, 1.807) is 6.08 Å². The molecule has 1 aromatic rings. The van der Waals surface area contributed by atoms with Crippen LogP contribution in [0.3, 0.4) is 0 Å². The molecule has 0 saturated carbocycles. The molecule has 0 aliphatic carbocycles. The number of hydrogen-bond donors (Lipinski definition) is 5. The second kappa shape index (κ2) is 8.92. The van der Waals surface area contributed by atoms with Crippen LogP contribution in [0.15, 0.2) is 43.0 Å². The Morgan fingerprint density at radius 3 is 2.43 bits per heavy atom. The topological polar surface area (TPSA) is 98.7 Å². The van der Waals surface area contributed by atoms with Gasteiger partial charge < -0.3 is 26.4 Å². The summed E-state index contributed by atoms with van der Waals surface area (Å²) >= 11 is 0. The van der Waals surface area contributed by atoms with Crippen LogP contribution in [-0.4, -0.2) is 46.2 Å². The van der Waals surface area contributed by atoms with Gasteiger partial charge in [0, 0.05) is 12.6 Å². The maximum Gasteiger partial charge on any atom is 0.104 e. The number of aliphatic hydroxyl groups excluding tert-OH is 3. The van der Waals surface area contributed by atoms with Gasteiger partial charge >= 0.3 is 0 Å². The van der Waals surface area contributed by atoms with Gasteiger partial charge in [-0.15, -0.1) is 6.58 Å². The minimum atomic E-state index is -1.23. The van der Waals surface area contributed by atoms with Crippen molar-refractivity contribution >= 4 is 0 Å². The highest BCUT2D eigenvalue weighted by atomic mass is 16.4. The maximum absolute atomic E-state index is 10.2. The van der Waals surface area contributed by atoms with Crippen molar-refractivity contribution in [1.82, 2.24) is 5.32 Å². The van der Waals surface area contributed by atoms with Crippen LogP contribution in [0.4, 0.5) is 0 Å². The molecule has 118 valence electrons. The number of aliphatic hydroxyl groups is 3. The Balaban J connectivity index is 2.78. The Labute approximate surface area is 126 Å². The van der Waals surface area contributed by atoms with Crippen LogP contribution in [0, 0.1) is 5.92 Å². The monoisotopic (exact) mass is 294 g/mol. The van der Waals surface area contributed by atoms with Gasteiger partial charge in [0.1, 0.15) is 6.10 Å². The van der Waals surface area contributed by atoms with E-state index in [1.807, 2.05) is 37.3 Å². The molecule has 1 rings (SSSR count). The Morgan fingerprint density at radius 2 is 1.90 bits per heavy atom. The molecule has 0 aliphatic heterocycles. The number of rotatable bonds is 9. The predicted molar refractivity (Wildman–Crippen MR) is 83.5 cm³/mol. The molecule has 1 aromatic carbocycles. The quantitative estimate of drug-likeness (QED) is 0.413. The SMILES string of the molecule is C=C[C@@H](C)[C@@H](N)[C@H](NCc1ccccc1)[C@H](O)[C@H](O)CO. The first-order chi connectivity index (χ1) is 10.0. The molecule has 0 aliphatic rings. The average Bonchev–Trinajstić information content (AvgIpc) is 2.53. The molecule has 0 saturated heterocycles. The summed E-state index contributed by atoms with van der Waals surface area (Å²) in [5.74, 6) is -0.0428. The molecule has 0 unspecified atom stereocenters. The lowest BCUT2D eigenvalue weighted by molar-refractivity contribution is -0.0383. The van der Waals surface area contributed by atoms with Gasteiger partial charge in [-0.05, 0) is 11.5 Å². The first kappa shape index (κ1) is 17.8. The standard InChI is InChI=1S/C16H26N2O3/c1-3-11(2)14(17)15(16(21)13(20)10-19)18-9-12-7-5-4-6-8-12/h3-8,11,13-16,18-21H,1,9-10,17H2,2H3/t11-,13-,14-,15+,16-/m1/s1. The van der Waals surface area contributed by atoms with E-state index in [9.17, 15) is 10.2 Å². The van der Waals surface area contributed by atoms with Crippen LogP contribution < -0.4 is 11.1 Å². The van der Waals surface area contributed by atoms with Crippen molar-refractivity contribution in [3.05, 3.63) is 48.6 Å². The summed E-state index contributed by atoms with van der Waals surface area (Å²) in [6, 6.07) is 8.72. The third kappa shape index (κ3) is 5.22. The van der Waals surface area contributed by atoms with E-state index in [4.69, 9.17) is 10.8 Å². The van der Waals surface area contributed by atoms with E-state index >= 15 is 0 Å². The van der Waals surface area contributed by atoms with Crippen LogP contribution in [0.5, 0.6) is 0 Å². The average molecular weight is 294 g/mol. The van der Waals surface area contributed by atoms with Gasteiger partial charge in [-0.2, -0.15) is 0 Å². The van der Waals surface area contributed by atoms with Crippen molar-refractivity contribution in [2.24, 2.45) is 11.7 Å². The highest BCUT2D eigenvalue weighted by Crippen LogP contribution is 2.13. The molecule has 0 heterocycles. The van der Waals surface area contributed by atoms with Crippen molar-refractivity contribution in [2.75, 3.05) is 6.61 Å². The third-order valence-electron chi connectivity index (χ3n) is 3.73. The molecule has 21 heavy (non-hydrogen) atoms. The van der Waals surface area contributed by atoms with Gasteiger partial charge in [-0.3, -0.25) is 0 Å². The highest BCUT2D eigenvalue weighted by molar-refractivity contribution is 5.14. The second-order valence-corrected chi connectivity index (χ2v) is 5.30. The number of nitrogens with one attached hydrogen (secondary N) is 1. The van der Waals surface area contributed by atoms with E-state index in [0.717, 1.165) is 5.56 Å². The van der Waals surface area contributed by atoms with Gasteiger partial charge in [0.05, 0.1) is 18.8 Å². The fraction of sp³-hybridized carbons (Fsp3) is 0.500. The normalized spacial score (nSPS) is 18.5. The summed E-state index contributed by atoms with van der Waals surface area (Å²) < 4.78 is 0. The molecule has 5 nitrogen and oxygen atoms in total. The first-order valence-electron chi connectivity index (χ1n) is 7.13. The van der Waals surface area contributed by atoms with Crippen LogP contribution in [0.25, 0.3) is 0 Å². The van der Waals surface area contributed by atoms with E-state index in [1.165, 1.54) is 0 Å². The van der Waals surface area contributed by atoms with E-state index < -0.39 is 30.9 Å². The van der Waals surface area contributed by atoms with E-state index in [0.29, 0.717) is 6.54 Å². The molecule has 0 bridgehead atoms. The minimum Gasteiger partial charge on any atom is -0.394 e. The summed E-state index contributed by atoms with van der Waals surface area (Å²) in [7, 11) is 0. The lowest BCUT2D eigenvalue weighted by Gasteiger charge is -2.33. The van der Waals surface area contributed by atoms with Crippen molar-refractivity contribution < 1.29 is 15.3 Å². The summed E-state index contributed by atoms with van der Waals surface area (Å²) in [6.07, 6.45) is -0.683. The fourth-order valence-corrected chi connectivity index (χ4v) is 2.15. The van der Waals surface area contributed by atoms with Gasteiger partial charge in [0.25, 0.3) is 0 Å². The number of hydrogen-bond acceptors (Lipinski definition) is 5. The van der Waals surface area contributed by atoms with Gasteiger partial charge in [0.15, 0.2) is 0 Å². The van der Waals surface area contributed by atoms with Crippen LogP contribution in [0.2, 0.25) is 0 Å². The van der Waals surface area contributed by atoms with E-state index in [-0.39, 0.29) is 5.92 Å². The first-order valence-corrected chi connectivity index (χ1v) is 7.13. The Morgan fingerprint density at radius 1 is 1.29 bits per heavy atom. The molecule has 0 spiro atoms. The Kier molecular flexibility index (Phi) is 7.56. The van der Waals surface area contributed by atoms with Crippen molar-refractivity contribution in [3.63, 3.8) is 0 Å². The molecule has 5 heteroatoms. The zero-order valence-electron chi connectivity index (χ0n) is 12.4. The lowest BCUT2D eigenvalue weighted by atomic mass is 9.90. The Hall–Kier alpha value is -1.24. The highest BCUT2D eigenvalue weighted by Gasteiger charge is 2.32. The Bertz CT molecular complexity index is 413. The molecule has 0 radical (unpaired) electrons. The third-order valence-corrected chi connectivity index (χ3v) is 3.73. The van der Waals surface area contributed by atoms with E-state index in [2.05, 4.69) is 11.9 Å². The fourth-order valence-electron chi connectivity index (χ4n) is 2.15. The van der Waals surface area contributed by atoms with Gasteiger partial charge in [-0.1, -0.05) is 43.3 Å². The molecule has 0 amide bonds. The second-order valence-electron chi connectivity index (χ2n) is 5.30. The van der Waals surface area contributed by atoms with Crippen molar-refractivity contribution in [3.8, 4) is 0 Å². The number of nitrogens with two attached hydrogens (primary N) is 1. The van der Waals surface area contributed by atoms with Crippen LogP contribution in [-0.2, 0) is 6.54 Å². The largest absolute Gasteiger partial charge is 0.394 e. The molecule has 6 N–H and O–H groups in total. The van der Waals surface area contributed by atoms with Crippen LogP contribution >= 0.6 is 0 Å². The molecular formula is C16H26N2O3. The summed E-state index contributed by atoms with van der Waals surface area (Å²) in [6.45, 7) is 5.60. The van der Waals surface area contributed by atoms with Crippen molar-refractivity contribution in [2.45, 2.75) is 37.8 Å². The molecular weight excluding hydrogens is 268 g/mol. The smallest absolute Gasteiger partial charge is 0.104 e. The number of benzene rings is 1. The molecule has 5 atom stereocenters. The zero-order valence-corrected chi connectivity index (χ0v) is 12.4. The summed E-state index contributed by atoms with van der Waals surface area (Å²) in [5, 5.41) is 32.0. The lowest BCUT2D eigenvalue weighted by Crippen LogP contribution is -2.58. The van der Waals surface area contributed by atoms with Gasteiger partial charge in [0.2, 0.25) is 0 Å². The molecule has 0 aromatic heterocycles. The minimum absolute atomic E-state index is 0.0428. The summed E-state index contributed by atoms with van der Waals surface area (Å²) in [4.78, 5) is 0. The maximum atomic E-state index is 10.2. The summed E-state index contributed by atoms with van der Waals surface area (Å²) in [5.41, 5.74) is 7.19. The van der Waals surface area contributed by atoms with Crippen molar-refractivity contribution in [1.29, 1.82) is 0 Å².